The quantitative estimate of drug-likeness (QED) is 0.829. The molecule has 0 saturated carbocycles. The van der Waals surface area contributed by atoms with E-state index >= 15 is 0 Å². The largest absolute Gasteiger partial charge is 0.454 e. The Labute approximate surface area is 156 Å². The average Bonchev–Trinajstić information content (AvgIpc) is 3.31. The molecule has 0 aromatic heterocycles. The van der Waals surface area contributed by atoms with Gasteiger partial charge in [-0.05, 0) is 47.9 Å². The van der Waals surface area contributed by atoms with Crippen molar-refractivity contribution < 1.29 is 28.4 Å². The van der Waals surface area contributed by atoms with Crippen molar-refractivity contribution in [2.24, 2.45) is 0 Å². The number of hydrogen-bond donors (Lipinski definition) is 1. The Balaban J connectivity index is 1.51. The fourth-order valence-corrected chi connectivity index (χ4v) is 4.45. The lowest BCUT2D eigenvalue weighted by Crippen LogP contribution is -2.34. The SMILES string of the molecule is CO[C@H]1O[C@@H]2c3cc4c(cc3CCN[C@H]2c2ccc3c(c21)OCO3)OCO4. The molecular weight excluding hydrogens is 350 g/mol. The van der Waals surface area contributed by atoms with Crippen LogP contribution in [0.1, 0.15) is 40.7 Å². The third kappa shape index (κ3) is 2.19. The summed E-state index contributed by atoms with van der Waals surface area (Å²) in [5, 5.41) is 3.64. The Bertz CT molecular complexity index is 929. The monoisotopic (exact) mass is 369 g/mol. The van der Waals surface area contributed by atoms with E-state index in [2.05, 4.69) is 17.4 Å². The van der Waals surface area contributed by atoms with E-state index in [0.717, 1.165) is 52.7 Å². The minimum atomic E-state index is -0.531. The van der Waals surface area contributed by atoms with Crippen LogP contribution >= 0.6 is 0 Å². The lowest BCUT2D eigenvalue weighted by molar-refractivity contribution is -0.181. The Morgan fingerprint density at radius 3 is 2.67 bits per heavy atom. The second-order valence-corrected chi connectivity index (χ2v) is 7.01. The normalized spacial score (nSPS) is 26.8. The van der Waals surface area contributed by atoms with Gasteiger partial charge in [-0.2, -0.15) is 0 Å². The van der Waals surface area contributed by atoms with Gasteiger partial charge in [0.15, 0.2) is 29.3 Å². The van der Waals surface area contributed by atoms with Crippen molar-refractivity contribution in [3.63, 3.8) is 0 Å². The molecule has 2 aromatic carbocycles. The highest BCUT2D eigenvalue weighted by Crippen LogP contribution is 2.53. The highest BCUT2D eigenvalue weighted by atomic mass is 16.7. The first-order valence-electron chi connectivity index (χ1n) is 9.10. The minimum absolute atomic E-state index is 0.0116. The molecule has 0 fully saturated rings. The molecule has 140 valence electrons. The lowest BCUT2D eigenvalue weighted by atomic mass is 9.87. The highest BCUT2D eigenvalue weighted by molar-refractivity contribution is 5.56. The zero-order valence-corrected chi connectivity index (χ0v) is 14.8. The average molecular weight is 369 g/mol. The molecule has 0 aliphatic carbocycles. The molecule has 3 atom stereocenters. The summed E-state index contributed by atoms with van der Waals surface area (Å²) in [6.07, 6.45) is 0.158. The van der Waals surface area contributed by atoms with E-state index in [-0.39, 0.29) is 25.7 Å². The van der Waals surface area contributed by atoms with Crippen LogP contribution in [0.2, 0.25) is 0 Å². The number of rotatable bonds is 1. The van der Waals surface area contributed by atoms with Crippen LogP contribution in [0.5, 0.6) is 23.0 Å². The smallest absolute Gasteiger partial charge is 0.231 e. The maximum absolute atomic E-state index is 6.44. The zero-order valence-electron chi connectivity index (χ0n) is 14.8. The van der Waals surface area contributed by atoms with Crippen LogP contribution in [0.15, 0.2) is 24.3 Å². The van der Waals surface area contributed by atoms with Crippen LogP contribution in [0.4, 0.5) is 0 Å². The number of ether oxygens (including phenoxy) is 6. The van der Waals surface area contributed by atoms with E-state index in [1.165, 1.54) is 5.56 Å². The summed E-state index contributed by atoms with van der Waals surface area (Å²) in [7, 11) is 1.65. The third-order valence-corrected chi connectivity index (χ3v) is 5.67. The summed E-state index contributed by atoms with van der Waals surface area (Å²) in [6, 6.07) is 8.15. The van der Waals surface area contributed by atoms with Gasteiger partial charge < -0.3 is 33.7 Å². The number of fused-ring (bicyclic) bond motifs is 8. The fourth-order valence-electron chi connectivity index (χ4n) is 4.45. The van der Waals surface area contributed by atoms with Gasteiger partial charge in [-0.15, -0.1) is 0 Å². The minimum Gasteiger partial charge on any atom is -0.454 e. The molecule has 0 saturated heterocycles. The van der Waals surface area contributed by atoms with Crippen LogP contribution in [0.3, 0.4) is 0 Å². The van der Waals surface area contributed by atoms with Gasteiger partial charge in [0, 0.05) is 7.11 Å². The molecule has 7 heteroatoms. The van der Waals surface area contributed by atoms with Gasteiger partial charge in [-0.3, -0.25) is 0 Å². The zero-order chi connectivity index (χ0) is 18.0. The predicted molar refractivity (Wildman–Crippen MR) is 93.2 cm³/mol. The maximum Gasteiger partial charge on any atom is 0.231 e. The van der Waals surface area contributed by atoms with Crippen molar-refractivity contribution in [1.82, 2.24) is 5.32 Å². The lowest BCUT2D eigenvalue weighted by Gasteiger charge is -2.38. The van der Waals surface area contributed by atoms with Crippen molar-refractivity contribution in [2.75, 3.05) is 27.2 Å². The number of nitrogens with one attached hydrogen (secondary N) is 1. The number of benzene rings is 2. The first kappa shape index (κ1) is 15.6. The fraction of sp³-hybridized carbons (Fsp3) is 0.400. The van der Waals surface area contributed by atoms with Gasteiger partial charge in [0.05, 0.1) is 11.6 Å². The van der Waals surface area contributed by atoms with E-state index in [4.69, 9.17) is 28.4 Å². The summed E-state index contributed by atoms with van der Waals surface area (Å²) in [5.74, 6) is 3.02. The molecule has 0 bridgehead atoms. The summed E-state index contributed by atoms with van der Waals surface area (Å²) in [6.45, 7) is 1.32. The summed E-state index contributed by atoms with van der Waals surface area (Å²) in [4.78, 5) is 0. The topological polar surface area (TPSA) is 67.4 Å². The third-order valence-electron chi connectivity index (χ3n) is 5.67. The maximum atomic E-state index is 6.44. The summed E-state index contributed by atoms with van der Waals surface area (Å²) < 4.78 is 34.6. The molecule has 1 N–H and O–H groups in total. The first-order chi connectivity index (χ1) is 13.3. The molecule has 2 aromatic rings. The molecule has 4 aliphatic heterocycles. The predicted octanol–water partition coefficient (Wildman–Crippen LogP) is 2.75. The van der Waals surface area contributed by atoms with E-state index in [1.807, 2.05) is 12.1 Å². The van der Waals surface area contributed by atoms with Gasteiger partial charge in [0.25, 0.3) is 0 Å². The van der Waals surface area contributed by atoms with Crippen molar-refractivity contribution >= 4 is 0 Å². The number of hydrogen-bond acceptors (Lipinski definition) is 7. The van der Waals surface area contributed by atoms with Crippen LogP contribution < -0.4 is 24.3 Å². The van der Waals surface area contributed by atoms with Gasteiger partial charge in [0.2, 0.25) is 13.6 Å². The van der Waals surface area contributed by atoms with Crippen LogP contribution in [-0.4, -0.2) is 27.2 Å². The second kappa shape index (κ2) is 5.76. The molecular formula is C20H19NO6. The molecule has 0 unspecified atom stereocenters. The standard InChI is InChI=1S/C20H19NO6/c1-22-20-16-11(2-3-13-19(16)26-9-23-13)17-18(27-20)12-7-15-14(24-8-25-15)6-10(12)4-5-21-17/h2-3,6-7,17-18,20-21H,4-5,8-9H2,1H3/t17-,18+,20-/m0/s1. The van der Waals surface area contributed by atoms with Crippen LogP contribution in [-0.2, 0) is 15.9 Å². The Hall–Kier alpha value is -2.48. The molecule has 4 heterocycles. The van der Waals surface area contributed by atoms with E-state index in [1.54, 1.807) is 7.11 Å². The molecule has 0 amide bonds. The van der Waals surface area contributed by atoms with Crippen molar-refractivity contribution in [1.29, 1.82) is 0 Å². The highest BCUT2D eigenvalue weighted by Gasteiger charge is 2.42. The van der Waals surface area contributed by atoms with E-state index in [9.17, 15) is 0 Å². The van der Waals surface area contributed by atoms with E-state index in [0.29, 0.717) is 0 Å². The van der Waals surface area contributed by atoms with Crippen LogP contribution in [0, 0.1) is 0 Å². The summed E-state index contributed by atoms with van der Waals surface area (Å²) in [5.41, 5.74) is 4.34. The van der Waals surface area contributed by atoms with Crippen molar-refractivity contribution in [3.05, 3.63) is 46.5 Å². The van der Waals surface area contributed by atoms with Crippen LogP contribution in [0.25, 0.3) is 0 Å². The second-order valence-electron chi connectivity index (χ2n) is 7.01. The summed E-state index contributed by atoms with van der Waals surface area (Å²) >= 11 is 0. The Kier molecular flexibility index (Phi) is 3.32. The molecule has 27 heavy (non-hydrogen) atoms. The first-order valence-corrected chi connectivity index (χ1v) is 9.10. The Morgan fingerprint density at radius 2 is 1.78 bits per heavy atom. The van der Waals surface area contributed by atoms with Crippen molar-refractivity contribution in [3.8, 4) is 23.0 Å². The van der Waals surface area contributed by atoms with Gasteiger partial charge in [0.1, 0.15) is 6.10 Å². The molecule has 4 aliphatic rings. The van der Waals surface area contributed by atoms with Gasteiger partial charge in [-0.1, -0.05) is 6.07 Å². The number of methoxy groups -OCH3 is 1. The molecule has 6 rings (SSSR count). The Morgan fingerprint density at radius 1 is 0.963 bits per heavy atom. The molecule has 7 nitrogen and oxygen atoms in total. The van der Waals surface area contributed by atoms with Crippen molar-refractivity contribution in [2.45, 2.75) is 24.9 Å². The molecule has 0 spiro atoms. The molecule has 0 radical (unpaired) electrons. The van der Waals surface area contributed by atoms with Gasteiger partial charge in [-0.25, -0.2) is 0 Å². The van der Waals surface area contributed by atoms with Gasteiger partial charge >= 0.3 is 0 Å². The van der Waals surface area contributed by atoms with E-state index < -0.39 is 6.29 Å².